The van der Waals surface area contributed by atoms with Gasteiger partial charge in [0.2, 0.25) is 11.8 Å². The molecule has 0 unspecified atom stereocenters. The molecule has 2 rings (SSSR count). The molecule has 0 atom stereocenters. The fourth-order valence-electron chi connectivity index (χ4n) is 2.85. The first kappa shape index (κ1) is 17.1. The van der Waals surface area contributed by atoms with Crippen molar-refractivity contribution in [3.63, 3.8) is 0 Å². The highest BCUT2D eigenvalue weighted by atomic mass is 19.1. The Kier molecular flexibility index (Phi) is 5.50. The SMILES string of the molecule is C=CC(=O)Nc1cc(NC(=O)CC2(OC)CCCC2)ccc1F. The van der Waals surface area contributed by atoms with Gasteiger partial charge in [-0.2, -0.15) is 0 Å². The van der Waals surface area contributed by atoms with E-state index in [1.54, 1.807) is 7.11 Å². The van der Waals surface area contributed by atoms with Gasteiger partial charge in [-0.25, -0.2) is 4.39 Å². The Balaban J connectivity index is 2.04. The molecule has 124 valence electrons. The van der Waals surface area contributed by atoms with Crippen molar-refractivity contribution < 1.29 is 18.7 Å². The number of carbonyl (C=O) groups is 2. The van der Waals surface area contributed by atoms with Crippen LogP contribution in [0.5, 0.6) is 0 Å². The fraction of sp³-hybridized carbons (Fsp3) is 0.412. The number of benzene rings is 1. The lowest BCUT2D eigenvalue weighted by Gasteiger charge is -2.26. The summed E-state index contributed by atoms with van der Waals surface area (Å²) in [5.74, 6) is -1.29. The van der Waals surface area contributed by atoms with E-state index in [9.17, 15) is 14.0 Å². The number of anilines is 2. The molecule has 1 aliphatic carbocycles. The van der Waals surface area contributed by atoms with E-state index >= 15 is 0 Å². The highest BCUT2D eigenvalue weighted by Gasteiger charge is 2.35. The summed E-state index contributed by atoms with van der Waals surface area (Å²) in [6.45, 7) is 3.31. The second-order valence-corrected chi connectivity index (χ2v) is 5.71. The van der Waals surface area contributed by atoms with E-state index in [1.807, 2.05) is 0 Å². The minimum atomic E-state index is -0.581. The number of hydrogen-bond donors (Lipinski definition) is 2. The molecule has 0 bridgehead atoms. The van der Waals surface area contributed by atoms with Gasteiger partial charge in [0, 0.05) is 12.8 Å². The fourth-order valence-corrected chi connectivity index (χ4v) is 2.85. The Morgan fingerprint density at radius 1 is 1.35 bits per heavy atom. The maximum Gasteiger partial charge on any atom is 0.247 e. The smallest absolute Gasteiger partial charge is 0.247 e. The summed E-state index contributed by atoms with van der Waals surface area (Å²) in [7, 11) is 1.62. The van der Waals surface area contributed by atoms with Crippen LogP contribution in [0.1, 0.15) is 32.1 Å². The standard InChI is InChI=1S/C17H21FN2O3/c1-3-15(21)20-14-10-12(6-7-13(14)18)19-16(22)11-17(23-2)8-4-5-9-17/h3,6-7,10H,1,4-5,8-9,11H2,2H3,(H,19,22)(H,20,21). The van der Waals surface area contributed by atoms with E-state index in [1.165, 1.54) is 18.2 Å². The summed E-state index contributed by atoms with van der Waals surface area (Å²) in [5.41, 5.74) is 0.0133. The van der Waals surface area contributed by atoms with Gasteiger partial charge in [-0.1, -0.05) is 19.4 Å². The van der Waals surface area contributed by atoms with E-state index in [4.69, 9.17) is 4.74 Å². The molecule has 0 spiro atoms. The molecule has 0 aliphatic heterocycles. The first-order chi connectivity index (χ1) is 11.0. The Bertz CT molecular complexity index is 610. The predicted molar refractivity (Wildman–Crippen MR) is 86.7 cm³/mol. The van der Waals surface area contributed by atoms with Gasteiger partial charge in [0.25, 0.3) is 0 Å². The molecular formula is C17H21FN2O3. The largest absolute Gasteiger partial charge is 0.378 e. The van der Waals surface area contributed by atoms with Crippen LogP contribution < -0.4 is 10.6 Å². The third-order valence-corrected chi connectivity index (χ3v) is 4.12. The molecule has 6 heteroatoms. The van der Waals surface area contributed by atoms with Crippen LogP contribution in [0.15, 0.2) is 30.9 Å². The van der Waals surface area contributed by atoms with Crippen LogP contribution >= 0.6 is 0 Å². The van der Waals surface area contributed by atoms with Crippen LogP contribution in [0.2, 0.25) is 0 Å². The number of methoxy groups -OCH3 is 1. The number of carbonyl (C=O) groups excluding carboxylic acids is 2. The van der Waals surface area contributed by atoms with Crippen LogP contribution in [0, 0.1) is 5.82 Å². The Labute approximate surface area is 134 Å². The number of ether oxygens (including phenoxy) is 1. The van der Waals surface area contributed by atoms with Crippen LogP contribution in [-0.4, -0.2) is 24.5 Å². The lowest BCUT2D eigenvalue weighted by atomic mass is 9.97. The monoisotopic (exact) mass is 320 g/mol. The number of hydrogen-bond acceptors (Lipinski definition) is 3. The van der Waals surface area contributed by atoms with Crippen molar-refractivity contribution in [3.05, 3.63) is 36.7 Å². The lowest BCUT2D eigenvalue weighted by Crippen LogP contribution is -2.33. The molecule has 2 N–H and O–H groups in total. The van der Waals surface area contributed by atoms with Crippen LogP contribution in [0.4, 0.5) is 15.8 Å². The zero-order chi connectivity index (χ0) is 16.9. The Morgan fingerprint density at radius 3 is 2.65 bits per heavy atom. The first-order valence-electron chi connectivity index (χ1n) is 7.56. The van der Waals surface area contributed by atoms with Crippen molar-refractivity contribution in [3.8, 4) is 0 Å². The minimum absolute atomic E-state index is 0.00461. The molecule has 0 aromatic heterocycles. The molecule has 2 amide bonds. The van der Waals surface area contributed by atoms with Crippen molar-refractivity contribution in [1.82, 2.24) is 0 Å². The van der Waals surface area contributed by atoms with E-state index in [0.717, 1.165) is 31.8 Å². The molecule has 23 heavy (non-hydrogen) atoms. The van der Waals surface area contributed by atoms with Crippen LogP contribution in [0.3, 0.4) is 0 Å². The molecule has 1 aliphatic rings. The van der Waals surface area contributed by atoms with Crippen LogP contribution in [0.25, 0.3) is 0 Å². The van der Waals surface area contributed by atoms with Gasteiger partial charge in [0.15, 0.2) is 0 Å². The second-order valence-electron chi connectivity index (χ2n) is 5.71. The summed E-state index contributed by atoms with van der Waals surface area (Å²) in [6, 6.07) is 4.02. The first-order valence-corrected chi connectivity index (χ1v) is 7.56. The van der Waals surface area contributed by atoms with Crippen molar-refractivity contribution in [2.45, 2.75) is 37.7 Å². The van der Waals surface area contributed by atoms with E-state index in [2.05, 4.69) is 17.2 Å². The molecule has 5 nitrogen and oxygen atoms in total. The molecule has 0 saturated heterocycles. The van der Waals surface area contributed by atoms with Crippen LogP contribution in [-0.2, 0) is 14.3 Å². The van der Waals surface area contributed by atoms with Gasteiger partial charge in [-0.3, -0.25) is 9.59 Å². The zero-order valence-electron chi connectivity index (χ0n) is 13.2. The molecule has 1 aromatic carbocycles. The number of halogens is 1. The third kappa shape index (κ3) is 4.39. The number of rotatable bonds is 6. The van der Waals surface area contributed by atoms with Gasteiger partial charge >= 0.3 is 0 Å². The van der Waals surface area contributed by atoms with E-state index < -0.39 is 17.3 Å². The normalized spacial score (nSPS) is 15.9. The number of amides is 2. The average molecular weight is 320 g/mol. The zero-order valence-corrected chi connectivity index (χ0v) is 13.2. The maximum absolute atomic E-state index is 13.7. The van der Waals surface area contributed by atoms with E-state index in [-0.39, 0.29) is 18.0 Å². The summed E-state index contributed by atoms with van der Waals surface area (Å²) in [5, 5.41) is 5.08. The molecule has 0 radical (unpaired) electrons. The Hall–Kier alpha value is -2.21. The second kappa shape index (κ2) is 7.37. The van der Waals surface area contributed by atoms with Crippen molar-refractivity contribution in [2.24, 2.45) is 0 Å². The van der Waals surface area contributed by atoms with Crippen molar-refractivity contribution >= 4 is 23.2 Å². The van der Waals surface area contributed by atoms with E-state index in [0.29, 0.717) is 5.69 Å². The molecular weight excluding hydrogens is 299 g/mol. The summed E-state index contributed by atoms with van der Waals surface area (Å²) < 4.78 is 19.2. The van der Waals surface area contributed by atoms with Gasteiger partial charge in [0.05, 0.1) is 17.7 Å². The maximum atomic E-state index is 13.7. The topological polar surface area (TPSA) is 67.4 Å². The molecule has 0 heterocycles. The highest BCUT2D eigenvalue weighted by molar-refractivity contribution is 5.99. The summed E-state index contributed by atoms with van der Waals surface area (Å²) in [6.07, 6.45) is 5.13. The van der Waals surface area contributed by atoms with Gasteiger partial charge < -0.3 is 15.4 Å². The van der Waals surface area contributed by atoms with Gasteiger partial charge in [-0.05, 0) is 37.1 Å². The van der Waals surface area contributed by atoms with Gasteiger partial charge in [0.1, 0.15) is 5.82 Å². The quantitative estimate of drug-likeness (QED) is 0.791. The summed E-state index contributed by atoms with van der Waals surface area (Å²) >= 11 is 0. The lowest BCUT2D eigenvalue weighted by molar-refractivity contribution is -0.122. The average Bonchev–Trinajstić information content (AvgIpc) is 2.99. The van der Waals surface area contributed by atoms with Gasteiger partial charge in [-0.15, -0.1) is 0 Å². The highest BCUT2D eigenvalue weighted by Crippen LogP contribution is 2.35. The predicted octanol–water partition coefficient (Wildman–Crippen LogP) is 3.24. The number of nitrogens with one attached hydrogen (secondary N) is 2. The van der Waals surface area contributed by atoms with Crippen molar-refractivity contribution in [1.29, 1.82) is 0 Å². The molecule has 1 saturated carbocycles. The molecule has 1 aromatic rings. The summed E-state index contributed by atoms with van der Waals surface area (Å²) in [4.78, 5) is 23.5. The van der Waals surface area contributed by atoms with Crippen molar-refractivity contribution in [2.75, 3.05) is 17.7 Å². The molecule has 1 fully saturated rings. The third-order valence-electron chi connectivity index (χ3n) is 4.12. The minimum Gasteiger partial charge on any atom is -0.378 e. The Morgan fingerprint density at radius 2 is 2.04 bits per heavy atom.